The molecule has 5 nitrogen and oxygen atoms in total. The standard InChI is InChI=1S/C7H10O2.C6H8O3/c1-2-7(8)9-6-4-3-5-6;1-2-6(7)9-4-5-3-8-5/h2,6H,1,3-5H2;2,5H,1,3-4H2. The zero-order chi connectivity index (χ0) is 13.4. The van der Waals surface area contributed by atoms with Gasteiger partial charge in [0.25, 0.3) is 0 Å². The zero-order valence-corrected chi connectivity index (χ0v) is 10.3. The van der Waals surface area contributed by atoms with Crippen LogP contribution in [0.3, 0.4) is 0 Å². The zero-order valence-electron chi connectivity index (χ0n) is 10.3. The van der Waals surface area contributed by atoms with Gasteiger partial charge in [0.15, 0.2) is 0 Å². The molecule has 0 radical (unpaired) electrons. The average molecular weight is 254 g/mol. The van der Waals surface area contributed by atoms with Crippen molar-refractivity contribution in [3.63, 3.8) is 0 Å². The molecule has 1 unspecified atom stereocenters. The van der Waals surface area contributed by atoms with Gasteiger partial charge in [0, 0.05) is 12.2 Å². The van der Waals surface area contributed by atoms with Crippen LogP contribution in [0.5, 0.6) is 0 Å². The van der Waals surface area contributed by atoms with Gasteiger partial charge in [0.05, 0.1) is 6.61 Å². The van der Waals surface area contributed by atoms with Crippen molar-refractivity contribution in [2.45, 2.75) is 31.5 Å². The van der Waals surface area contributed by atoms with Crippen LogP contribution in [0, 0.1) is 0 Å². The van der Waals surface area contributed by atoms with Crippen molar-refractivity contribution < 1.29 is 23.8 Å². The first-order valence-electron chi connectivity index (χ1n) is 5.89. The van der Waals surface area contributed by atoms with Crippen LogP contribution < -0.4 is 0 Å². The van der Waals surface area contributed by atoms with Crippen molar-refractivity contribution in [3.05, 3.63) is 25.3 Å². The quantitative estimate of drug-likeness (QED) is 0.421. The number of epoxide rings is 1. The summed E-state index contributed by atoms with van der Waals surface area (Å²) in [5, 5.41) is 0. The van der Waals surface area contributed by atoms with Crippen molar-refractivity contribution in [2.24, 2.45) is 0 Å². The molecule has 0 bridgehead atoms. The molecule has 2 aliphatic rings. The summed E-state index contributed by atoms with van der Waals surface area (Å²) in [6, 6.07) is 0. The summed E-state index contributed by atoms with van der Waals surface area (Å²) in [4.78, 5) is 20.8. The van der Waals surface area contributed by atoms with Gasteiger partial charge in [-0.2, -0.15) is 0 Å². The highest BCUT2D eigenvalue weighted by molar-refractivity contribution is 5.81. The molecule has 0 amide bonds. The summed E-state index contributed by atoms with van der Waals surface area (Å²) < 4.78 is 14.3. The number of hydrogen-bond acceptors (Lipinski definition) is 5. The van der Waals surface area contributed by atoms with Gasteiger partial charge in [-0.1, -0.05) is 13.2 Å². The van der Waals surface area contributed by atoms with Crippen molar-refractivity contribution >= 4 is 11.9 Å². The van der Waals surface area contributed by atoms with Crippen LogP contribution in [0.4, 0.5) is 0 Å². The van der Waals surface area contributed by atoms with E-state index in [9.17, 15) is 9.59 Å². The topological polar surface area (TPSA) is 65.1 Å². The van der Waals surface area contributed by atoms with Gasteiger partial charge in [0.1, 0.15) is 18.8 Å². The Hall–Kier alpha value is -1.62. The molecule has 1 saturated heterocycles. The van der Waals surface area contributed by atoms with E-state index >= 15 is 0 Å². The average Bonchev–Trinajstić information content (AvgIpc) is 3.15. The monoisotopic (exact) mass is 254 g/mol. The highest BCUT2D eigenvalue weighted by atomic mass is 16.6. The van der Waals surface area contributed by atoms with E-state index in [2.05, 4.69) is 17.9 Å². The largest absolute Gasteiger partial charge is 0.460 e. The molecule has 2 rings (SSSR count). The number of carbonyl (C=O) groups is 2. The lowest BCUT2D eigenvalue weighted by atomic mass is 9.96. The Kier molecular flexibility index (Phi) is 6.14. The Balaban J connectivity index is 0.000000180. The maximum absolute atomic E-state index is 10.5. The van der Waals surface area contributed by atoms with Crippen molar-refractivity contribution in [1.29, 1.82) is 0 Å². The minimum atomic E-state index is -0.384. The molecule has 18 heavy (non-hydrogen) atoms. The predicted molar refractivity (Wildman–Crippen MR) is 64.8 cm³/mol. The molecule has 0 spiro atoms. The molecule has 2 fully saturated rings. The minimum Gasteiger partial charge on any atom is -0.460 e. The first kappa shape index (κ1) is 14.4. The summed E-state index contributed by atoms with van der Waals surface area (Å²) in [6.45, 7) is 7.62. The molecule has 0 aromatic rings. The van der Waals surface area contributed by atoms with Crippen LogP contribution in [0.1, 0.15) is 19.3 Å². The second-order valence-corrected chi connectivity index (χ2v) is 3.98. The lowest BCUT2D eigenvalue weighted by Crippen LogP contribution is -2.23. The van der Waals surface area contributed by atoms with Crippen molar-refractivity contribution in [3.8, 4) is 0 Å². The molecule has 0 aromatic carbocycles. The summed E-state index contributed by atoms with van der Waals surface area (Å²) in [5.41, 5.74) is 0. The smallest absolute Gasteiger partial charge is 0.330 e. The first-order valence-corrected chi connectivity index (χ1v) is 5.89. The van der Waals surface area contributed by atoms with Crippen LogP contribution in [0.2, 0.25) is 0 Å². The van der Waals surface area contributed by atoms with E-state index in [1.54, 1.807) is 0 Å². The molecule has 5 heteroatoms. The van der Waals surface area contributed by atoms with E-state index < -0.39 is 0 Å². The van der Waals surface area contributed by atoms with Crippen LogP contribution in [-0.2, 0) is 23.8 Å². The number of rotatable bonds is 5. The molecule has 0 aromatic heterocycles. The van der Waals surface area contributed by atoms with Crippen molar-refractivity contribution in [1.82, 2.24) is 0 Å². The summed E-state index contributed by atoms with van der Waals surface area (Å²) in [7, 11) is 0. The molecule has 1 atom stereocenters. The Morgan fingerprint density at radius 3 is 2.22 bits per heavy atom. The second-order valence-electron chi connectivity index (χ2n) is 3.98. The van der Waals surface area contributed by atoms with Crippen molar-refractivity contribution in [2.75, 3.05) is 13.2 Å². The van der Waals surface area contributed by atoms with Gasteiger partial charge in [0.2, 0.25) is 0 Å². The lowest BCUT2D eigenvalue weighted by molar-refractivity contribution is -0.146. The number of ether oxygens (including phenoxy) is 3. The molecular formula is C13H18O5. The third-order valence-corrected chi connectivity index (χ3v) is 2.48. The molecule has 1 aliphatic heterocycles. The molecule has 1 aliphatic carbocycles. The van der Waals surface area contributed by atoms with Crippen LogP contribution in [0.25, 0.3) is 0 Å². The number of hydrogen-bond donors (Lipinski definition) is 0. The molecule has 0 N–H and O–H groups in total. The lowest BCUT2D eigenvalue weighted by Gasteiger charge is -2.24. The maximum atomic E-state index is 10.5. The summed E-state index contributed by atoms with van der Waals surface area (Å²) >= 11 is 0. The molecular weight excluding hydrogens is 236 g/mol. The number of carbonyl (C=O) groups excluding carboxylic acids is 2. The van der Waals surface area contributed by atoms with E-state index in [-0.39, 0.29) is 24.1 Å². The highest BCUT2D eigenvalue weighted by Gasteiger charge is 2.23. The van der Waals surface area contributed by atoms with Crippen LogP contribution >= 0.6 is 0 Å². The van der Waals surface area contributed by atoms with E-state index in [0.29, 0.717) is 13.2 Å². The summed E-state index contributed by atoms with van der Waals surface area (Å²) in [6.07, 6.45) is 5.93. The molecule has 100 valence electrons. The maximum Gasteiger partial charge on any atom is 0.330 e. The molecule has 1 heterocycles. The fourth-order valence-corrected chi connectivity index (χ4v) is 1.10. The van der Waals surface area contributed by atoms with Gasteiger partial charge < -0.3 is 14.2 Å². The fourth-order valence-electron chi connectivity index (χ4n) is 1.10. The Morgan fingerprint density at radius 2 is 1.83 bits per heavy atom. The van der Waals surface area contributed by atoms with E-state index in [4.69, 9.17) is 9.47 Å². The fraction of sp³-hybridized carbons (Fsp3) is 0.538. The number of esters is 2. The Morgan fingerprint density at radius 1 is 1.22 bits per heavy atom. The third-order valence-electron chi connectivity index (χ3n) is 2.48. The Bertz CT molecular complexity index is 315. The van der Waals surface area contributed by atoms with Gasteiger partial charge in [-0.3, -0.25) is 0 Å². The minimum absolute atomic E-state index is 0.147. The first-order chi connectivity index (χ1) is 8.65. The SMILES string of the molecule is C=CC(=O)OC1CCC1.C=CC(=O)OCC1CO1. The van der Waals surface area contributed by atoms with E-state index in [1.165, 1.54) is 12.5 Å². The molecule has 1 saturated carbocycles. The summed E-state index contributed by atoms with van der Waals surface area (Å²) in [5.74, 6) is -0.676. The third kappa shape index (κ3) is 6.20. The normalized spacial score (nSPS) is 20.6. The second kappa shape index (κ2) is 7.66. The predicted octanol–water partition coefficient (Wildman–Crippen LogP) is 1.38. The van der Waals surface area contributed by atoms with E-state index in [0.717, 1.165) is 18.9 Å². The van der Waals surface area contributed by atoms with Crippen LogP contribution in [-0.4, -0.2) is 37.4 Å². The van der Waals surface area contributed by atoms with Crippen LogP contribution in [0.15, 0.2) is 25.3 Å². The van der Waals surface area contributed by atoms with Gasteiger partial charge in [-0.05, 0) is 19.3 Å². The highest BCUT2D eigenvalue weighted by Crippen LogP contribution is 2.21. The van der Waals surface area contributed by atoms with Gasteiger partial charge in [-0.15, -0.1) is 0 Å². The Labute approximate surface area is 106 Å². The van der Waals surface area contributed by atoms with Gasteiger partial charge >= 0.3 is 11.9 Å². The van der Waals surface area contributed by atoms with Gasteiger partial charge in [-0.25, -0.2) is 9.59 Å². The van der Waals surface area contributed by atoms with E-state index in [1.807, 2.05) is 0 Å².